The molecule has 0 aliphatic carbocycles. The van der Waals surface area contributed by atoms with Crippen molar-refractivity contribution in [1.29, 1.82) is 0 Å². The Balaban J connectivity index is 2.15. The lowest BCUT2D eigenvalue weighted by Gasteiger charge is -2.14. The first-order chi connectivity index (χ1) is 10.7. The topological polar surface area (TPSA) is 91.9 Å². The van der Waals surface area contributed by atoms with E-state index in [2.05, 4.69) is 15.5 Å². The van der Waals surface area contributed by atoms with Crippen LogP contribution in [-0.4, -0.2) is 30.3 Å². The minimum atomic E-state index is -3.85. The Hall–Kier alpha value is -2.22. The number of anilines is 1. The van der Waals surface area contributed by atoms with Crippen LogP contribution in [0.4, 0.5) is 10.1 Å². The largest absolute Gasteiger partial charge is 0.322 e. The smallest absolute Gasteiger partial charge is 0.239 e. The van der Waals surface area contributed by atoms with Crippen molar-refractivity contribution in [2.45, 2.75) is 26.0 Å². The standard InChI is InChI=1S/C15H18FN3O3S/c1-9-15(10(2)19-18-9)17-14(20)8-23(21,22)11(3)12-6-4-5-7-13(12)16/h4-7,11H,8H2,1-3H3,(H,17,20)(H,18,19)/t11-/m0/s1. The van der Waals surface area contributed by atoms with Crippen LogP contribution in [-0.2, 0) is 14.6 Å². The molecule has 0 unspecified atom stereocenters. The number of carbonyl (C=O) groups excluding carboxylic acids is 1. The Labute approximate surface area is 134 Å². The molecule has 1 aromatic heterocycles. The molecule has 124 valence electrons. The highest BCUT2D eigenvalue weighted by Gasteiger charge is 2.28. The van der Waals surface area contributed by atoms with Crippen LogP contribution in [0.15, 0.2) is 24.3 Å². The minimum Gasteiger partial charge on any atom is -0.322 e. The quantitative estimate of drug-likeness (QED) is 0.874. The van der Waals surface area contributed by atoms with Crippen molar-refractivity contribution >= 4 is 21.4 Å². The molecule has 0 spiro atoms. The van der Waals surface area contributed by atoms with Gasteiger partial charge in [-0.05, 0) is 26.8 Å². The molecule has 0 saturated carbocycles. The number of amides is 1. The first kappa shape index (κ1) is 17.1. The SMILES string of the molecule is Cc1n[nH]c(C)c1NC(=O)CS(=O)(=O)[C@@H](C)c1ccccc1F. The number of aromatic nitrogens is 2. The first-order valence-corrected chi connectivity index (χ1v) is 8.71. The number of halogens is 1. The van der Waals surface area contributed by atoms with Crippen LogP contribution in [0, 0.1) is 19.7 Å². The summed E-state index contributed by atoms with van der Waals surface area (Å²) in [6.07, 6.45) is 0. The van der Waals surface area contributed by atoms with Crippen LogP contribution < -0.4 is 5.32 Å². The zero-order valence-corrected chi connectivity index (χ0v) is 13.9. The van der Waals surface area contributed by atoms with Crippen molar-refractivity contribution in [3.05, 3.63) is 47.0 Å². The number of hydrogen-bond acceptors (Lipinski definition) is 4. The predicted octanol–water partition coefficient (Wildman–Crippen LogP) is 2.28. The molecule has 2 aromatic rings. The van der Waals surface area contributed by atoms with Crippen molar-refractivity contribution in [2.75, 3.05) is 11.1 Å². The molecule has 6 nitrogen and oxygen atoms in total. The van der Waals surface area contributed by atoms with Crippen LogP contribution in [0.1, 0.15) is 29.1 Å². The van der Waals surface area contributed by atoms with Crippen LogP contribution in [0.2, 0.25) is 0 Å². The van der Waals surface area contributed by atoms with E-state index in [0.29, 0.717) is 17.1 Å². The zero-order valence-electron chi connectivity index (χ0n) is 13.1. The number of nitrogens with zero attached hydrogens (tertiary/aromatic N) is 1. The number of carbonyl (C=O) groups is 1. The van der Waals surface area contributed by atoms with Crippen LogP contribution in [0.5, 0.6) is 0 Å². The number of sulfone groups is 1. The molecule has 1 amide bonds. The monoisotopic (exact) mass is 339 g/mol. The molecule has 0 radical (unpaired) electrons. The summed E-state index contributed by atoms with van der Waals surface area (Å²) >= 11 is 0. The lowest BCUT2D eigenvalue weighted by atomic mass is 10.1. The van der Waals surface area contributed by atoms with Gasteiger partial charge in [0.1, 0.15) is 11.6 Å². The second-order valence-electron chi connectivity index (χ2n) is 5.33. The molecule has 0 saturated heterocycles. The number of benzene rings is 1. The van der Waals surface area contributed by atoms with Gasteiger partial charge in [0.15, 0.2) is 9.84 Å². The van der Waals surface area contributed by atoms with E-state index in [1.165, 1.54) is 25.1 Å². The maximum atomic E-state index is 13.7. The van der Waals surface area contributed by atoms with Gasteiger partial charge in [0.25, 0.3) is 0 Å². The van der Waals surface area contributed by atoms with Crippen molar-refractivity contribution in [3.8, 4) is 0 Å². The van der Waals surface area contributed by atoms with Crippen LogP contribution >= 0.6 is 0 Å². The molecule has 0 aliphatic rings. The Morgan fingerprint density at radius 3 is 2.57 bits per heavy atom. The van der Waals surface area contributed by atoms with E-state index >= 15 is 0 Å². The van der Waals surface area contributed by atoms with Gasteiger partial charge < -0.3 is 5.32 Å². The molecule has 0 fully saturated rings. The molecule has 2 rings (SSSR count). The highest BCUT2D eigenvalue weighted by atomic mass is 32.2. The summed E-state index contributed by atoms with van der Waals surface area (Å²) in [7, 11) is -3.85. The number of aryl methyl sites for hydroxylation is 2. The molecule has 1 aromatic carbocycles. The molecular formula is C15H18FN3O3S. The molecule has 0 aliphatic heterocycles. The summed E-state index contributed by atoms with van der Waals surface area (Å²) in [6.45, 7) is 4.77. The van der Waals surface area contributed by atoms with Gasteiger partial charge in [-0.25, -0.2) is 12.8 Å². The van der Waals surface area contributed by atoms with Crippen molar-refractivity contribution in [2.24, 2.45) is 0 Å². The summed E-state index contributed by atoms with van der Waals surface area (Å²) in [5.74, 6) is -2.02. The summed E-state index contributed by atoms with van der Waals surface area (Å²) in [5, 5.41) is 8.04. The average molecular weight is 339 g/mol. The van der Waals surface area contributed by atoms with Gasteiger partial charge in [0.05, 0.1) is 22.3 Å². The number of aromatic amines is 1. The van der Waals surface area contributed by atoms with Gasteiger partial charge in [-0.15, -0.1) is 0 Å². The molecule has 1 atom stereocenters. The van der Waals surface area contributed by atoms with Gasteiger partial charge in [-0.2, -0.15) is 5.10 Å². The summed E-state index contributed by atoms with van der Waals surface area (Å²) in [4.78, 5) is 12.0. The normalized spacial score (nSPS) is 12.9. The lowest BCUT2D eigenvalue weighted by Crippen LogP contribution is -2.26. The molecular weight excluding hydrogens is 321 g/mol. The minimum absolute atomic E-state index is 0.0518. The number of nitrogens with one attached hydrogen (secondary N) is 2. The van der Waals surface area contributed by atoms with Gasteiger partial charge >= 0.3 is 0 Å². The fraction of sp³-hybridized carbons (Fsp3) is 0.333. The van der Waals surface area contributed by atoms with Gasteiger partial charge in [0, 0.05) is 5.56 Å². The number of hydrogen-bond donors (Lipinski definition) is 2. The third-order valence-electron chi connectivity index (χ3n) is 3.61. The molecule has 8 heteroatoms. The second-order valence-corrected chi connectivity index (χ2v) is 7.65. The van der Waals surface area contributed by atoms with E-state index in [1.807, 2.05) is 0 Å². The predicted molar refractivity (Wildman–Crippen MR) is 85.3 cm³/mol. The zero-order chi connectivity index (χ0) is 17.2. The van der Waals surface area contributed by atoms with Gasteiger partial charge in [0.2, 0.25) is 5.91 Å². The Morgan fingerprint density at radius 2 is 2.00 bits per heavy atom. The molecule has 1 heterocycles. The van der Waals surface area contributed by atoms with E-state index in [4.69, 9.17) is 0 Å². The van der Waals surface area contributed by atoms with Gasteiger partial charge in [-0.1, -0.05) is 18.2 Å². The third kappa shape index (κ3) is 3.76. The molecule has 23 heavy (non-hydrogen) atoms. The van der Waals surface area contributed by atoms with Crippen molar-refractivity contribution in [1.82, 2.24) is 10.2 Å². The van der Waals surface area contributed by atoms with Crippen LogP contribution in [0.25, 0.3) is 0 Å². The highest BCUT2D eigenvalue weighted by Crippen LogP contribution is 2.25. The average Bonchev–Trinajstić information content (AvgIpc) is 2.78. The second kappa shape index (κ2) is 6.49. The maximum Gasteiger partial charge on any atom is 0.239 e. The van der Waals surface area contributed by atoms with Crippen molar-refractivity contribution in [3.63, 3.8) is 0 Å². The fourth-order valence-corrected chi connectivity index (χ4v) is 3.48. The Morgan fingerprint density at radius 1 is 1.35 bits per heavy atom. The third-order valence-corrected chi connectivity index (χ3v) is 5.60. The van der Waals surface area contributed by atoms with E-state index < -0.39 is 32.6 Å². The van der Waals surface area contributed by atoms with E-state index in [9.17, 15) is 17.6 Å². The highest BCUT2D eigenvalue weighted by molar-refractivity contribution is 7.92. The van der Waals surface area contributed by atoms with Crippen molar-refractivity contribution < 1.29 is 17.6 Å². The Bertz CT molecular complexity index is 811. The molecule has 2 N–H and O–H groups in total. The lowest BCUT2D eigenvalue weighted by molar-refractivity contribution is -0.113. The maximum absolute atomic E-state index is 13.7. The fourth-order valence-electron chi connectivity index (χ4n) is 2.22. The van der Waals surface area contributed by atoms with E-state index in [1.54, 1.807) is 19.9 Å². The van der Waals surface area contributed by atoms with E-state index in [-0.39, 0.29) is 5.56 Å². The van der Waals surface area contributed by atoms with E-state index in [0.717, 1.165) is 0 Å². The first-order valence-electron chi connectivity index (χ1n) is 6.99. The molecule has 0 bridgehead atoms. The summed E-state index contributed by atoms with van der Waals surface area (Å²) in [5.41, 5.74) is 1.71. The van der Waals surface area contributed by atoms with Crippen LogP contribution in [0.3, 0.4) is 0 Å². The number of H-pyrrole nitrogens is 1. The van der Waals surface area contributed by atoms with Gasteiger partial charge in [-0.3, -0.25) is 9.89 Å². The number of rotatable bonds is 5. The summed E-state index contributed by atoms with van der Waals surface area (Å²) in [6, 6.07) is 5.64. The summed E-state index contributed by atoms with van der Waals surface area (Å²) < 4.78 is 38.4. The Kier molecular flexibility index (Phi) is 4.84.